The van der Waals surface area contributed by atoms with Crippen LogP contribution < -0.4 is 0 Å². The first-order valence-corrected chi connectivity index (χ1v) is 7.54. The van der Waals surface area contributed by atoms with Crippen LogP contribution in [-0.4, -0.2) is 43.7 Å². The maximum atomic E-state index is 12.1. The predicted octanol–water partition coefficient (Wildman–Crippen LogP) is 1.97. The Hall–Kier alpha value is 0.0300. The van der Waals surface area contributed by atoms with Crippen molar-refractivity contribution in [2.75, 3.05) is 26.4 Å². The van der Waals surface area contributed by atoms with Crippen LogP contribution in [0.4, 0.5) is 0 Å². The molecule has 7 heteroatoms. The van der Waals surface area contributed by atoms with E-state index in [1.165, 1.54) is 0 Å². The summed E-state index contributed by atoms with van der Waals surface area (Å²) in [5.41, 5.74) is -0.153. The molecule has 2 atom stereocenters. The van der Waals surface area contributed by atoms with E-state index in [0.29, 0.717) is 13.2 Å². The molecule has 0 aromatic carbocycles. The molecule has 1 N–H and O–H groups in total. The van der Waals surface area contributed by atoms with Gasteiger partial charge in [0.1, 0.15) is 0 Å². The Balaban J connectivity index is 2.44. The second kappa shape index (κ2) is 6.46. The van der Waals surface area contributed by atoms with E-state index in [1.807, 2.05) is 13.8 Å². The lowest BCUT2D eigenvalue weighted by atomic mass is 9.97. The van der Waals surface area contributed by atoms with Gasteiger partial charge in [0.25, 0.3) is 0 Å². The summed E-state index contributed by atoms with van der Waals surface area (Å²) in [5, 5.41) is 8.66. The van der Waals surface area contributed by atoms with Gasteiger partial charge in [0, 0.05) is 5.41 Å². The molecule has 2 unspecified atom stereocenters. The molecule has 0 aromatic heterocycles. The van der Waals surface area contributed by atoms with Crippen molar-refractivity contribution in [2.45, 2.75) is 39.9 Å². The van der Waals surface area contributed by atoms with Gasteiger partial charge in [-0.25, -0.2) is 4.57 Å². The van der Waals surface area contributed by atoms with Crippen molar-refractivity contribution in [3.05, 3.63) is 0 Å². The summed E-state index contributed by atoms with van der Waals surface area (Å²) in [5.74, 6) is 0. The van der Waals surface area contributed by atoms with Crippen molar-refractivity contribution in [1.82, 2.24) is 0 Å². The Morgan fingerprint density at radius 2 is 1.83 bits per heavy atom. The molecule has 1 saturated heterocycles. The molecule has 1 rings (SSSR count). The minimum absolute atomic E-state index is 0.0596. The summed E-state index contributed by atoms with van der Waals surface area (Å²) >= 11 is 0. The highest BCUT2D eigenvalue weighted by molar-refractivity contribution is 7.48. The zero-order valence-electron chi connectivity index (χ0n) is 11.4. The molecule has 0 aromatic rings. The normalized spacial score (nSPS) is 25.6. The smallest absolute Gasteiger partial charge is 0.394 e. The van der Waals surface area contributed by atoms with Crippen molar-refractivity contribution in [1.29, 1.82) is 0 Å². The molecule has 0 amide bonds. The zero-order chi connectivity index (χ0) is 13.8. The number of ether oxygens (including phenoxy) is 1. The fraction of sp³-hybridized carbons (Fsp3) is 1.00. The third-order valence-electron chi connectivity index (χ3n) is 2.66. The number of aliphatic hydroxyl groups excluding tert-OH is 1. The molecule has 18 heavy (non-hydrogen) atoms. The van der Waals surface area contributed by atoms with Crippen molar-refractivity contribution >= 4 is 7.82 Å². The summed E-state index contributed by atoms with van der Waals surface area (Å²) in [6, 6.07) is 0. The van der Waals surface area contributed by atoms with Gasteiger partial charge in [-0.15, -0.1) is 0 Å². The quantitative estimate of drug-likeness (QED) is 0.751. The molecule has 0 aliphatic carbocycles. The van der Waals surface area contributed by atoms with Gasteiger partial charge in [-0.2, -0.15) is 0 Å². The van der Waals surface area contributed by atoms with Crippen LogP contribution in [0.2, 0.25) is 0 Å². The van der Waals surface area contributed by atoms with Gasteiger partial charge in [0.15, 0.2) is 0 Å². The summed E-state index contributed by atoms with van der Waals surface area (Å²) in [4.78, 5) is 0. The van der Waals surface area contributed by atoms with E-state index in [2.05, 4.69) is 0 Å². The topological polar surface area (TPSA) is 74.2 Å². The molecule has 1 aliphatic heterocycles. The van der Waals surface area contributed by atoms with Crippen molar-refractivity contribution < 1.29 is 28.0 Å². The van der Waals surface area contributed by atoms with E-state index >= 15 is 0 Å². The van der Waals surface area contributed by atoms with Gasteiger partial charge in [-0.1, -0.05) is 13.8 Å². The van der Waals surface area contributed by atoms with Gasteiger partial charge in [-0.3, -0.25) is 13.6 Å². The molecule has 0 bridgehead atoms. The number of hydrogen-bond donors (Lipinski definition) is 1. The van der Waals surface area contributed by atoms with Crippen LogP contribution >= 0.6 is 7.82 Å². The van der Waals surface area contributed by atoms with E-state index in [0.717, 1.165) is 0 Å². The third kappa shape index (κ3) is 4.96. The van der Waals surface area contributed by atoms with Gasteiger partial charge in [0.2, 0.25) is 0 Å². The Kier molecular flexibility index (Phi) is 5.77. The molecule has 1 heterocycles. The summed E-state index contributed by atoms with van der Waals surface area (Å²) < 4.78 is 33.2. The average molecular weight is 282 g/mol. The molecule has 0 saturated carbocycles. The molecule has 6 nitrogen and oxygen atoms in total. The Labute approximate surface area is 108 Å². The average Bonchev–Trinajstić information content (AvgIpc) is 2.30. The first-order chi connectivity index (χ1) is 8.28. The predicted molar refractivity (Wildman–Crippen MR) is 66.3 cm³/mol. The van der Waals surface area contributed by atoms with E-state index in [4.69, 9.17) is 23.4 Å². The molecule has 0 radical (unpaired) electrons. The second-order valence-corrected chi connectivity index (χ2v) is 6.89. The molecule has 0 spiro atoms. The first-order valence-electron chi connectivity index (χ1n) is 6.08. The minimum Gasteiger partial charge on any atom is -0.394 e. The van der Waals surface area contributed by atoms with Gasteiger partial charge >= 0.3 is 7.82 Å². The van der Waals surface area contributed by atoms with Crippen LogP contribution in [0, 0.1) is 5.41 Å². The van der Waals surface area contributed by atoms with Crippen molar-refractivity contribution in [3.63, 3.8) is 0 Å². The number of phosphoric acid groups is 1. The fourth-order valence-electron chi connectivity index (χ4n) is 1.31. The minimum atomic E-state index is -3.48. The van der Waals surface area contributed by atoms with Crippen molar-refractivity contribution in [3.8, 4) is 0 Å². The number of aliphatic hydroxyl groups is 1. The molecular formula is C11H23O6P. The van der Waals surface area contributed by atoms with Crippen LogP contribution in [0.5, 0.6) is 0 Å². The Morgan fingerprint density at radius 3 is 2.33 bits per heavy atom. The molecule has 1 fully saturated rings. The lowest BCUT2D eigenvalue weighted by molar-refractivity contribution is -0.0552. The molecular weight excluding hydrogens is 259 g/mol. The maximum Gasteiger partial charge on any atom is 0.475 e. The monoisotopic (exact) mass is 282 g/mol. The van der Waals surface area contributed by atoms with Crippen LogP contribution in [-0.2, 0) is 22.9 Å². The Morgan fingerprint density at radius 1 is 1.28 bits per heavy atom. The Bertz CT molecular complexity index is 292. The second-order valence-electron chi connectivity index (χ2n) is 5.27. The molecule has 108 valence electrons. The van der Waals surface area contributed by atoms with E-state index in [-0.39, 0.29) is 24.7 Å². The number of rotatable bonds is 6. The van der Waals surface area contributed by atoms with Crippen LogP contribution in [0.3, 0.4) is 0 Å². The summed E-state index contributed by atoms with van der Waals surface area (Å²) in [6.45, 7) is 8.27. The SMILES string of the molecule is CC(OCCO)C(C)OP1(=O)OCC(C)(C)CO1. The fourth-order valence-corrected chi connectivity index (χ4v) is 3.10. The highest BCUT2D eigenvalue weighted by atomic mass is 31.2. The van der Waals surface area contributed by atoms with E-state index < -0.39 is 13.9 Å². The lowest BCUT2D eigenvalue weighted by Crippen LogP contribution is -2.33. The number of hydrogen-bond acceptors (Lipinski definition) is 6. The van der Waals surface area contributed by atoms with Gasteiger partial charge in [-0.05, 0) is 13.8 Å². The third-order valence-corrected chi connectivity index (χ3v) is 4.14. The highest BCUT2D eigenvalue weighted by Gasteiger charge is 2.40. The first kappa shape index (κ1) is 16.1. The van der Waals surface area contributed by atoms with E-state index in [1.54, 1.807) is 13.8 Å². The van der Waals surface area contributed by atoms with Crippen molar-refractivity contribution in [2.24, 2.45) is 5.41 Å². The van der Waals surface area contributed by atoms with Crippen LogP contribution in [0.1, 0.15) is 27.7 Å². The maximum absolute atomic E-state index is 12.1. The van der Waals surface area contributed by atoms with Crippen LogP contribution in [0.15, 0.2) is 0 Å². The van der Waals surface area contributed by atoms with Gasteiger partial charge in [0.05, 0.1) is 38.6 Å². The van der Waals surface area contributed by atoms with Gasteiger partial charge < -0.3 is 9.84 Å². The largest absolute Gasteiger partial charge is 0.475 e. The lowest BCUT2D eigenvalue weighted by Gasteiger charge is -2.34. The number of phosphoric ester groups is 1. The summed E-state index contributed by atoms with van der Waals surface area (Å²) in [6.07, 6.45) is -0.742. The van der Waals surface area contributed by atoms with Crippen LogP contribution in [0.25, 0.3) is 0 Å². The highest BCUT2D eigenvalue weighted by Crippen LogP contribution is 2.55. The standard InChI is InChI=1S/C11H23O6P/c1-9(14-6-5-12)10(2)17-18(13)15-7-11(3,4)8-16-18/h9-10,12H,5-8H2,1-4H3. The zero-order valence-corrected chi connectivity index (χ0v) is 12.3. The summed E-state index contributed by atoms with van der Waals surface area (Å²) in [7, 11) is -3.48. The molecule has 1 aliphatic rings. The van der Waals surface area contributed by atoms with E-state index in [9.17, 15) is 4.57 Å².